The minimum Gasteiger partial charge on any atom is -0.496 e. The van der Waals surface area contributed by atoms with Gasteiger partial charge < -0.3 is 10.1 Å². The fourth-order valence-electron chi connectivity index (χ4n) is 2.17. The van der Waals surface area contributed by atoms with Crippen molar-refractivity contribution >= 4 is 15.9 Å². The van der Waals surface area contributed by atoms with E-state index >= 15 is 0 Å². The first-order valence-electron chi connectivity index (χ1n) is 6.30. The third-order valence-corrected chi connectivity index (χ3v) is 3.89. The quantitative estimate of drug-likeness (QED) is 0.871. The van der Waals surface area contributed by atoms with Gasteiger partial charge in [0.25, 0.3) is 0 Å². The van der Waals surface area contributed by atoms with Crippen LogP contribution in [0.5, 0.6) is 0 Å². The molecule has 1 aromatic rings. The van der Waals surface area contributed by atoms with E-state index in [2.05, 4.69) is 21.2 Å². The molecule has 0 amide bonds. The molecule has 0 spiro atoms. The van der Waals surface area contributed by atoms with Gasteiger partial charge in [-0.1, -0.05) is 15.9 Å². The molecule has 0 saturated carbocycles. The van der Waals surface area contributed by atoms with Crippen LogP contribution in [0.2, 0.25) is 0 Å². The first-order chi connectivity index (χ1) is 9.43. The van der Waals surface area contributed by atoms with E-state index in [-0.39, 0.29) is 6.04 Å². The Kier molecular flexibility index (Phi) is 4.75. The average Bonchev–Trinajstić information content (AvgIpc) is 2.41. The second-order valence-electron chi connectivity index (χ2n) is 4.55. The third kappa shape index (κ3) is 3.35. The van der Waals surface area contributed by atoms with Gasteiger partial charge in [-0.15, -0.1) is 0 Å². The maximum Gasteiger partial charge on any atom is 0.416 e. The number of alkyl halides is 3. The molecule has 1 atom stereocenters. The first-order valence-corrected chi connectivity index (χ1v) is 7.09. The molecule has 6 heteroatoms. The normalized spacial score (nSPS) is 17.4. The molecule has 0 saturated heterocycles. The zero-order chi connectivity index (χ0) is 14.8. The molecule has 0 aromatic heterocycles. The van der Waals surface area contributed by atoms with E-state index in [0.29, 0.717) is 22.4 Å². The highest BCUT2D eigenvalue weighted by atomic mass is 79.9. The fraction of sp³-hybridized carbons (Fsp3) is 0.429. The number of ether oxygens (including phenoxy) is 1. The van der Waals surface area contributed by atoms with Crippen LogP contribution in [-0.4, -0.2) is 13.7 Å². The molecule has 0 bridgehead atoms. The molecule has 0 radical (unpaired) electrons. The van der Waals surface area contributed by atoms with Gasteiger partial charge in [0.1, 0.15) is 5.76 Å². The maximum atomic E-state index is 12.8. The Balaban J connectivity index is 2.40. The van der Waals surface area contributed by atoms with Crippen LogP contribution < -0.4 is 5.32 Å². The number of rotatable bonds is 3. The lowest BCUT2D eigenvalue weighted by atomic mass is 10.0. The van der Waals surface area contributed by atoms with Crippen LogP contribution in [0.3, 0.4) is 0 Å². The molecule has 20 heavy (non-hydrogen) atoms. The Morgan fingerprint density at radius 2 is 2.10 bits per heavy atom. The summed E-state index contributed by atoms with van der Waals surface area (Å²) >= 11 is 3.32. The maximum absolute atomic E-state index is 12.8. The van der Waals surface area contributed by atoms with Gasteiger partial charge in [0, 0.05) is 4.47 Å². The molecular weight excluding hydrogens is 335 g/mol. The van der Waals surface area contributed by atoms with Crippen molar-refractivity contribution in [2.24, 2.45) is 0 Å². The number of hydrogen-bond acceptors (Lipinski definition) is 2. The molecule has 1 N–H and O–H groups in total. The van der Waals surface area contributed by atoms with Crippen molar-refractivity contribution in [3.8, 4) is 0 Å². The summed E-state index contributed by atoms with van der Waals surface area (Å²) in [5.41, 5.74) is -0.136. The number of likely N-dealkylation sites (N-methyl/N-ethyl adjacent to an activating group) is 1. The zero-order valence-electron chi connectivity index (χ0n) is 10.9. The van der Waals surface area contributed by atoms with Crippen molar-refractivity contribution in [2.75, 3.05) is 13.7 Å². The molecular formula is C14H15BrF3NO. The van der Waals surface area contributed by atoms with Crippen LogP contribution in [-0.2, 0) is 10.9 Å². The van der Waals surface area contributed by atoms with E-state index in [1.54, 1.807) is 7.05 Å². The highest BCUT2D eigenvalue weighted by Gasteiger charge is 2.32. The highest BCUT2D eigenvalue weighted by Crippen LogP contribution is 2.36. The summed E-state index contributed by atoms with van der Waals surface area (Å²) in [7, 11) is 1.70. The van der Waals surface area contributed by atoms with Crippen molar-refractivity contribution in [3.05, 3.63) is 45.6 Å². The summed E-state index contributed by atoms with van der Waals surface area (Å²) in [5, 5.41) is 3.02. The summed E-state index contributed by atoms with van der Waals surface area (Å²) < 4.78 is 44.7. The summed E-state index contributed by atoms with van der Waals surface area (Å²) in [6.45, 7) is 0.598. The number of hydrogen-bond donors (Lipinski definition) is 1. The second-order valence-corrected chi connectivity index (χ2v) is 5.41. The lowest BCUT2D eigenvalue weighted by Gasteiger charge is -2.25. The number of allylic oxidation sites excluding steroid dienone is 1. The fourth-order valence-corrected chi connectivity index (χ4v) is 2.65. The molecule has 110 valence electrons. The van der Waals surface area contributed by atoms with Gasteiger partial charge in [-0.3, -0.25) is 0 Å². The number of benzene rings is 1. The Hall–Kier alpha value is -1.01. The van der Waals surface area contributed by atoms with Crippen LogP contribution in [0.15, 0.2) is 34.5 Å². The minimum atomic E-state index is -4.35. The van der Waals surface area contributed by atoms with Gasteiger partial charge >= 0.3 is 6.18 Å². The lowest BCUT2D eigenvalue weighted by molar-refractivity contribution is -0.137. The van der Waals surface area contributed by atoms with Crippen LogP contribution in [0.4, 0.5) is 13.2 Å². The van der Waals surface area contributed by atoms with E-state index in [1.807, 2.05) is 6.08 Å². The summed E-state index contributed by atoms with van der Waals surface area (Å²) in [6.07, 6.45) is -0.610. The van der Waals surface area contributed by atoms with Gasteiger partial charge in [-0.25, -0.2) is 0 Å². The molecule has 1 unspecified atom stereocenters. The molecule has 0 aliphatic carbocycles. The third-order valence-electron chi connectivity index (χ3n) is 3.17. The zero-order valence-corrected chi connectivity index (χ0v) is 12.5. The molecule has 1 aliphatic heterocycles. The lowest BCUT2D eigenvalue weighted by Crippen LogP contribution is -2.23. The smallest absolute Gasteiger partial charge is 0.416 e. The molecule has 2 rings (SSSR count). The van der Waals surface area contributed by atoms with Crippen LogP contribution >= 0.6 is 15.9 Å². The minimum absolute atomic E-state index is 0.382. The molecule has 1 aliphatic rings. The van der Waals surface area contributed by atoms with Gasteiger partial charge in [-0.05, 0) is 49.7 Å². The number of nitrogens with one attached hydrogen (secondary N) is 1. The summed E-state index contributed by atoms with van der Waals surface area (Å²) in [6, 6.07) is 3.26. The largest absolute Gasteiger partial charge is 0.496 e. The standard InChI is InChI=1S/C14H15BrF3NO/c1-19-13(12-4-2-3-7-20-12)10-8-9(14(16,17)18)5-6-11(10)15/h4-6,8,13,19H,2-3,7H2,1H3. The van der Waals surface area contributed by atoms with E-state index in [4.69, 9.17) is 4.74 Å². The molecule has 0 fully saturated rings. The molecule has 1 heterocycles. The molecule has 1 aromatic carbocycles. The summed E-state index contributed by atoms with van der Waals surface area (Å²) in [4.78, 5) is 0. The van der Waals surface area contributed by atoms with E-state index in [9.17, 15) is 13.2 Å². The Bertz CT molecular complexity index is 514. The SMILES string of the molecule is CNC(C1=CCCCO1)c1cc(C(F)(F)F)ccc1Br. The Morgan fingerprint density at radius 3 is 2.65 bits per heavy atom. The summed E-state index contributed by atoms with van der Waals surface area (Å²) in [5.74, 6) is 0.679. The first kappa shape index (κ1) is 15.4. The van der Waals surface area contributed by atoms with Crippen LogP contribution in [0.25, 0.3) is 0 Å². The van der Waals surface area contributed by atoms with Gasteiger partial charge in [0.05, 0.1) is 18.2 Å². The van der Waals surface area contributed by atoms with Crippen LogP contribution in [0, 0.1) is 0 Å². The van der Waals surface area contributed by atoms with Crippen molar-refractivity contribution in [1.29, 1.82) is 0 Å². The second kappa shape index (κ2) is 6.18. The average molecular weight is 350 g/mol. The van der Waals surface area contributed by atoms with Crippen molar-refractivity contribution in [1.82, 2.24) is 5.32 Å². The Labute approximate surface area is 124 Å². The number of halogens is 4. The monoisotopic (exact) mass is 349 g/mol. The van der Waals surface area contributed by atoms with Crippen LogP contribution in [0.1, 0.15) is 30.0 Å². The van der Waals surface area contributed by atoms with Gasteiger partial charge in [0.2, 0.25) is 0 Å². The highest BCUT2D eigenvalue weighted by molar-refractivity contribution is 9.10. The van der Waals surface area contributed by atoms with Crippen molar-refractivity contribution < 1.29 is 17.9 Å². The predicted octanol–water partition coefficient (Wildman–Crippen LogP) is 4.42. The molecule has 2 nitrogen and oxygen atoms in total. The predicted molar refractivity (Wildman–Crippen MR) is 74.2 cm³/mol. The van der Waals surface area contributed by atoms with Gasteiger partial charge in [0.15, 0.2) is 0 Å². The van der Waals surface area contributed by atoms with Gasteiger partial charge in [-0.2, -0.15) is 13.2 Å². The topological polar surface area (TPSA) is 21.3 Å². The van der Waals surface area contributed by atoms with E-state index in [0.717, 1.165) is 25.0 Å². The van der Waals surface area contributed by atoms with Crippen molar-refractivity contribution in [3.63, 3.8) is 0 Å². The Morgan fingerprint density at radius 1 is 1.35 bits per heavy atom. The van der Waals surface area contributed by atoms with Crippen molar-refractivity contribution in [2.45, 2.75) is 25.1 Å². The van der Waals surface area contributed by atoms with E-state index < -0.39 is 11.7 Å². The van der Waals surface area contributed by atoms with E-state index in [1.165, 1.54) is 6.07 Å².